The van der Waals surface area contributed by atoms with E-state index in [4.69, 9.17) is 4.74 Å². The number of para-hydroxylation sites is 1. The van der Waals surface area contributed by atoms with E-state index in [1.165, 1.54) is 0 Å². The molecule has 28 heavy (non-hydrogen) atoms. The molecular weight excluding hydrogens is 356 g/mol. The molecule has 0 aliphatic carbocycles. The van der Waals surface area contributed by atoms with E-state index in [0.717, 1.165) is 11.1 Å². The topological polar surface area (TPSA) is 84.5 Å². The van der Waals surface area contributed by atoms with Crippen LogP contribution in [0.2, 0.25) is 0 Å². The van der Waals surface area contributed by atoms with Crippen molar-refractivity contribution in [1.29, 1.82) is 0 Å². The van der Waals surface area contributed by atoms with Gasteiger partial charge in [0.1, 0.15) is 0 Å². The van der Waals surface area contributed by atoms with E-state index in [0.29, 0.717) is 29.3 Å². The fraction of sp³-hybridized carbons (Fsp3) is 0.318. The molecule has 2 amide bonds. The normalized spacial score (nSPS) is 10.5. The Kier molecular flexibility index (Phi) is 7.32. The third-order valence-corrected chi connectivity index (χ3v) is 3.91. The highest BCUT2D eigenvalue weighted by Crippen LogP contribution is 2.15. The van der Waals surface area contributed by atoms with Crippen LogP contribution in [0.4, 0.5) is 5.69 Å². The number of rotatable bonds is 7. The molecule has 148 valence electrons. The number of carbonyl (C=O) groups is 3. The zero-order valence-corrected chi connectivity index (χ0v) is 16.7. The van der Waals surface area contributed by atoms with E-state index in [1.807, 2.05) is 33.8 Å². The molecule has 6 nitrogen and oxygen atoms in total. The standard InChI is InChI=1S/C22H26N2O4/c1-14(2)12-23-21(26)18-7-5-6-8-19(18)24-20(25)13-28-22(27)17-10-15(3)9-16(4)11-17/h5-11,14H,12-13H2,1-4H3,(H,23,26)(H,24,25). The first kappa shape index (κ1) is 21.2. The summed E-state index contributed by atoms with van der Waals surface area (Å²) in [5.41, 5.74) is 3.02. The van der Waals surface area contributed by atoms with Crippen molar-refractivity contribution in [3.8, 4) is 0 Å². The molecule has 0 unspecified atom stereocenters. The highest BCUT2D eigenvalue weighted by molar-refractivity contribution is 6.04. The number of esters is 1. The van der Waals surface area contributed by atoms with Crippen molar-refractivity contribution in [2.45, 2.75) is 27.7 Å². The smallest absolute Gasteiger partial charge is 0.338 e. The van der Waals surface area contributed by atoms with Gasteiger partial charge in [0.25, 0.3) is 11.8 Å². The maximum atomic E-state index is 12.3. The zero-order chi connectivity index (χ0) is 20.7. The van der Waals surface area contributed by atoms with Gasteiger partial charge in [-0.05, 0) is 44.0 Å². The second-order valence-corrected chi connectivity index (χ2v) is 7.15. The highest BCUT2D eigenvalue weighted by Gasteiger charge is 2.15. The molecule has 0 fully saturated rings. The summed E-state index contributed by atoms with van der Waals surface area (Å²) >= 11 is 0. The van der Waals surface area contributed by atoms with Crippen molar-refractivity contribution in [1.82, 2.24) is 5.32 Å². The summed E-state index contributed by atoms with van der Waals surface area (Å²) in [6.07, 6.45) is 0. The lowest BCUT2D eigenvalue weighted by Crippen LogP contribution is -2.29. The maximum absolute atomic E-state index is 12.3. The Balaban J connectivity index is 1.98. The third kappa shape index (κ3) is 6.23. The minimum absolute atomic E-state index is 0.267. The average molecular weight is 382 g/mol. The fourth-order valence-corrected chi connectivity index (χ4v) is 2.68. The second-order valence-electron chi connectivity index (χ2n) is 7.15. The van der Waals surface area contributed by atoms with Gasteiger partial charge in [0.05, 0.1) is 16.8 Å². The predicted octanol–water partition coefficient (Wildman–Crippen LogP) is 3.48. The highest BCUT2D eigenvalue weighted by atomic mass is 16.5. The van der Waals surface area contributed by atoms with Crippen LogP contribution in [0, 0.1) is 19.8 Å². The van der Waals surface area contributed by atoms with E-state index in [9.17, 15) is 14.4 Å². The molecule has 0 aromatic heterocycles. The number of hydrogen-bond acceptors (Lipinski definition) is 4. The molecule has 0 saturated carbocycles. The number of aryl methyl sites for hydroxylation is 2. The number of benzene rings is 2. The van der Waals surface area contributed by atoms with Crippen LogP contribution in [-0.2, 0) is 9.53 Å². The Morgan fingerprint density at radius 2 is 1.64 bits per heavy atom. The maximum Gasteiger partial charge on any atom is 0.338 e. The Labute approximate surface area is 165 Å². The minimum atomic E-state index is -0.565. The predicted molar refractivity (Wildman–Crippen MR) is 108 cm³/mol. The van der Waals surface area contributed by atoms with Crippen LogP contribution < -0.4 is 10.6 Å². The van der Waals surface area contributed by atoms with E-state index in [-0.39, 0.29) is 5.91 Å². The monoisotopic (exact) mass is 382 g/mol. The lowest BCUT2D eigenvalue weighted by molar-refractivity contribution is -0.119. The SMILES string of the molecule is Cc1cc(C)cc(C(=O)OCC(=O)Nc2ccccc2C(=O)NCC(C)C)c1. The summed E-state index contributed by atoms with van der Waals surface area (Å²) in [5, 5.41) is 5.45. The van der Waals surface area contributed by atoms with E-state index < -0.39 is 18.5 Å². The quantitative estimate of drug-likeness (QED) is 0.718. The van der Waals surface area contributed by atoms with Gasteiger partial charge in [-0.3, -0.25) is 9.59 Å². The lowest BCUT2D eigenvalue weighted by atomic mass is 10.1. The molecule has 0 aliphatic rings. The number of hydrogen-bond donors (Lipinski definition) is 2. The fourth-order valence-electron chi connectivity index (χ4n) is 2.68. The van der Waals surface area contributed by atoms with Crippen molar-refractivity contribution in [3.63, 3.8) is 0 Å². The summed E-state index contributed by atoms with van der Waals surface area (Å²) in [6, 6.07) is 12.1. The first-order valence-electron chi connectivity index (χ1n) is 9.18. The molecular formula is C22H26N2O4. The Morgan fingerprint density at radius 1 is 1.00 bits per heavy atom. The summed E-state index contributed by atoms with van der Waals surface area (Å²) < 4.78 is 5.10. The molecule has 0 saturated heterocycles. The summed E-state index contributed by atoms with van der Waals surface area (Å²) in [4.78, 5) is 36.7. The molecule has 2 N–H and O–H groups in total. The van der Waals surface area contributed by atoms with Crippen LogP contribution in [0.3, 0.4) is 0 Å². The van der Waals surface area contributed by atoms with Crippen LogP contribution in [0.25, 0.3) is 0 Å². The van der Waals surface area contributed by atoms with Crippen LogP contribution >= 0.6 is 0 Å². The van der Waals surface area contributed by atoms with Crippen LogP contribution in [0.15, 0.2) is 42.5 Å². The minimum Gasteiger partial charge on any atom is -0.452 e. The Morgan fingerprint density at radius 3 is 2.29 bits per heavy atom. The van der Waals surface area contributed by atoms with E-state index in [2.05, 4.69) is 10.6 Å². The summed E-state index contributed by atoms with van der Waals surface area (Å²) in [5.74, 6) is -1.03. The summed E-state index contributed by atoms with van der Waals surface area (Å²) in [6.45, 7) is 7.87. The number of amides is 2. The largest absolute Gasteiger partial charge is 0.452 e. The average Bonchev–Trinajstić information content (AvgIpc) is 2.63. The molecule has 2 aromatic rings. The van der Waals surface area contributed by atoms with Crippen molar-refractivity contribution in [3.05, 3.63) is 64.7 Å². The zero-order valence-electron chi connectivity index (χ0n) is 16.7. The van der Waals surface area contributed by atoms with Gasteiger partial charge < -0.3 is 15.4 Å². The van der Waals surface area contributed by atoms with Gasteiger partial charge in [-0.15, -0.1) is 0 Å². The molecule has 6 heteroatoms. The molecule has 0 atom stereocenters. The number of nitrogens with one attached hydrogen (secondary N) is 2. The van der Waals surface area contributed by atoms with Gasteiger partial charge >= 0.3 is 5.97 Å². The van der Waals surface area contributed by atoms with Gasteiger partial charge in [-0.1, -0.05) is 43.2 Å². The molecule has 0 heterocycles. The molecule has 0 radical (unpaired) electrons. The van der Waals surface area contributed by atoms with Crippen molar-refractivity contribution in [2.75, 3.05) is 18.5 Å². The third-order valence-electron chi connectivity index (χ3n) is 3.91. The van der Waals surface area contributed by atoms with Gasteiger partial charge in [-0.2, -0.15) is 0 Å². The van der Waals surface area contributed by atoms with Crippen molar-refractivity contribution < 1.29 is 19.1 Å². The molecule has 0 spiro atoms. The number of carbonyl (C=O) groups excluding carboxylic acids is 3. The van der Waals surface area contributed by atoms with Gasteiger partial charge in [0, 0.05) is 6.54 Å². The van der Waals surface area contributed by atoms with E-state index in [1.54, 1.807) is 36.4 Å². The lowest BCUT2D eigenvalue weighted by Gasteiger charge is -2.13. The number of anilines is 1. The molecule has 2 aromatic carbocycles. The Bertz CT molecular complexity index is 854. The number of ether oxygens (including phenoxy) is 1. The van der Waals surface area contributed by atoms with Crippen LogP contribution in [-0.4, -0.2) is 30.9 Å². The molecule has 2 rings (SSSR count). The first-order valence-corrected chi connectivity index (χ1v) is 9.18. The van der Waals surface area contributed by atoms with Crippen LogP contribution in [0.5, 0.6) is 0 Å². The molecule has 0 bridgehead atoms. The van der Waals surface area contributed by atoms with Gasteiger partial charge in [0.2, 0.25) is 0 Å². The second kappa shape index (κ2) is 9.69. The van der Waals surface area contributed by atoms with Crippen molar-refractivity contribution in [2.24, 2.45) is 5.92 Å². The van der Waals surface area contributed by atoms with Crippen molar-refractivity contribution >= 4 is 23.5 Å². The van der Waals surface area contributed by atoms with E-state index >= 15 is 0 Å². The first-order chi connectivity index (χ1) is 13.3. The summed E-state index contributed by atoms with van der Waals surface area (Å²) in [7, 11) is 0. The van der Waals surface area contributed by atoms with Crippen LogP contribution in [0.1, 0.15) is 45.7 Å². The Hall–Kier alpha value is -3.15. The van der Waals surface area contributed by atoms with Gasteiger partial charge in [-0.25, -0.2) is 4.79 Å². The van der Waals surface area contributed by atoms with Gasteiger partial charge in [0.15, 0.2) is 6.61 Å². The molecule has 0 aliphatic heterocycles.